The first-order valence-corrected chi connectivity index (χ1v) is 7.31. The summed E-state index contributed by atoms with van der Waals surface area (Å²) >= 11 is 11.9. The molecule has 4 nitrogen and oxygen atoms in total. The van der Waals surface area contributed by atoms with Crippen LogP contribution in [-0.2, 0) is 6.61 Å². The van der Waals surface area contributed by atoms with Crippen molar-refractivity contribution in [3.8, 4) is 5.75 Å². The Hall–Kier alpha value is -1.65. The summed E-state index contributed by atoms with van der Waals surface area (Å²) < 4.78 is 11.0. The van der Waals surface area contributed by atoms with E-state index in [0.717, 1.165) is 6.42 Å². The minimum Gasteiger partial charge on any atom is -0.484 e. The van der Waals surface area contributed by atoms with Gasteiger partial charge in [0.1, 0.15) is 23.1 Å². The normalized spacial score (nSPS) is 10.4. The zero-order valence-corrected chi connectivity index (χ0v) is 13.0. The second-order valence-corrected chi connectivity index (χ2v) is 5.15. The number of ether oxygens (including phenoxy) is 1. The van der Waals surface area contributed by atoms with Crippen molar-refractivity contribution in [2.24, 2.45) is 0 Å². The van der Waals surface area contributed by atoms with Crippen molar-refractivity contribution in [2.45, 2.75) is 20.0 Å². The van der Waals surface area contributed by atoms with Crippen molar-refractivity contribution in [3.63, 3.8) is 0 Å². The van der Waals surface area contributed by atoms with E-state index < -0.39 is 0 Å². The number of nitrogens with one attached hydrogen (secondary N) is 1. The SMILES string of the molecule is CCCNC(=O)c1ccc(COc2cccc(Cl)c2Cl)o1. The van der Waals surface area contributed by atoms with Gasteiger partial charge in [-0.25, -0.2) is 0 Å². The number of rotatable bonds is 6. The average molecular weight is 328 g/mol. The summed E-state index contributed by atoms with van der Waals surface area (Å²) in [6, 6.07) is 8.45. The molecule has 0 bridgehead atoms. The van der Waals surface area contributed by atoms with Crippen LogP contribution < -0.4 is 10.1 Å². The summed E-state index contributed by atoms with van der Waals surface area (Å²) in [6.07, 6.45) is 0.871. The molecular weight excluding hydrogens is 313 g/mol. The molecule has 0 saturated heterocycles. The molecule has 0 fully saturated rings. The first-order chi connectivity index (χ1) is 10.1. The van der Waals surface area contributed by atoms with E-state index in [0.29, 0.717) is 28.1 Å². The maximum atomic E-state index is 11.7. The van der Waals surface area contributed by atoms with Crippen molar-refractivity contribution in [3.05, 3.63) is 51.9 Å². The molecule has 0 aliphatic rings. The average Bonchev–Trinajstić information content (AvgIpc) is 2.95. The number of furan rings is 1. The second-order valence-electron chi connectivity index (χ2n) is 4.36. The van der Waals surface area contributed by atoms with Gasteiger partial charge in [-0.05, 0) is 30.7 Å². The van der Waals surface area contributed by atoms with Gasteiger partial charge in [0.2, 0.25) is 0 Å². The third kappa shape index (κ3) is 4.16. The predicted octanol–water partition coefficient (Wildman–Crippen LogP) is 4.31. The highest BCUT2D eigenvalue weighted by Crippen LogP contribution is 2.31. The Balaban J connectivity index is 1.97. The highest BCUT2D eigenvalue weighted by Gasteiger charge is 2.11. The van der Waals surface area contributed by atoms with Crippen molar-refractivity contribution in [1.29, 1.82) is 0 Å². The standard InChI is InChI=1S/C15H15Cl2NO3/c1-2-8-18-15(19)13-7-6-10(21-13)9-20-12-5-3-4-11(16)14(12)17/h3-7H,2,8-9H2,1H3,(H,18,19). The zero-order chi connectivity index (χ0) is 15.2. The molecule has 2 aromatic rings. The van der Waals surface area contributed by atoms with Crippen molar-refractivity contribution in [2.75, 3.05) is 6.54 Å². The fraction of sp³-hybridized carbons (Fsp3) is 0.267. The summed E-state index contributed by atoms with van der Waals surface area (Å²) in [6.45, 7) is 2.76. The fourth-order valence-corrected chi connectivity index (χ4v) is 1.99. The van der Waals surface area contributed by atoms with Crippen LogP contribution in [0, 0.1) is 0 Å². The minimum absolute atomic E-state index is 0.168. The van der Waals surface area contributed by atoms with Gasteiger partial charge < -0.3 is 14.5 Å². The van der Waals surface area contributed by atoms with Gasteiger partial charge in [-0.2, -0.15) is 0 Å². The second kappa shape index (κ2) is 7.38. The molecule has 0 aliphatic heterocycles. The van der Waals surface area contributed by atoms with Gasteiger partial charge in [0.25, 0.3) is 5.91 Å². The minimum atomic E-state index is -0.233. The Kier molecular flexibility index (Phi) is 5.53. The van der Waals surface area contributed by atoms with Crippen molar-refractivity contribution in [1.82, 2.24) is 5.32 Å². The number of carbonyl (C=O) groups excluding carboxylic acids is 1. The van der Waals surface area contributed by atoms with Gasteiger partial charge in [-0.1, -0.05) is 36.2 Å². The van der Waals surface area contributed by atoms with Crippen LogP contribution >= 0.6 is 23.2 Å². The van der Waals surface area contributed by atoms with Gasteiger partial charge in [0.05, 0.1) is 5.02 Å². The molecular formula is C15H15Cl2NO3. The van der Waals surface area contributed by atoms with E-state index in [4.69, 9.17) is 32.4 Å². The van der Waals surface area contributed by atoms with Gasteiger partial charge in [0.15, 0.2) is 5.76 Å². The predicted molar refractivity (Wildman–Crippen MR) is 82.1 cm³/mol. The quantitative estimate of drug-likeness (QED) is 0.860. The molecule has 1 N–H and O–H groups in total. The number of hydrogen-bond donors (Lipinski definition) is 1. The summed E-state index contributed by atoms with van der Waals surface area (Å²) in [5, 5.41) is 3.52. The molecule has 0 radical (unpaired) electrons. The molecule has 1 aromatic heterocycles. The third-order valence-electron chi connectivity index (χ3n) is 2.71. The number of carbonyl (C=O) groups is 1. The maximum absolute atomic E-state index is 11.7. The third-order valence-corrected chi connectivity index (χ3v) is 3.51. The van der Waals surface area contributed by atoms with Crippen LogP contribution in [0.4, 0.5) is 0 Å². The number of halogens is 2. The fourth-order valence-electron chi connectivity index (χ4n) is 1.65. The Morgan fingerprint density at radius 3 is 2.86 bits per heavy atom. The Bertz CT molecular complexity index is 625. The molecule has 0 aliphatic carbocycles. The first kappa shape index (κ1) is 15.7. The zero-order valence-electron chi connectivity index (χ0n) is 11.5. The van der Waals surface area contributed by atoms with Gasteiger partial charge in [0, 0.05) is 6.54 Å². The lowest BCUT2D eigenvalue weighted by Gasteiger charge is -2.07. The van der Waals surface area contributed by atoms with Gasteiger partial charge in [-0.3, -0.25) is 4.79 Å². The molecule has 21 heavy (non-hydrogen) atoms. The van der Waals surface area contributed by atoms with Crippen molar-refractivity contribution < 1.29 is 13.9 Å². The van der Waals surface area contributed by atoms with E-state index in [9.17, 15) is 4.79 Å². The molecule has 6 heteroatoms. The number of benzene rings is 1. The highest BCUT2D eigenvalue weighted by molar-refractivity contribution is 6.42. The summed E-state index contributed by atoms with van der Waals surface area (Å²) in [5.74, 6) is 1.04. The Morgan fingerprint density at radius 1 is 1.29 bits per heavy atom. The molecule has 1 amide bonds. The molecule has 112 valence electrons. The highest BCUT2D eigenvalue weighted by atomic mass is 35.5. The first-order valence-electron chi connectivity index (χ1n) is 6.55. The lowest BCUT2D eigenvalue weighted by Crippen LogP contribution is -2.23. The summed E-state index contributed by atoms with van der Waals surface area (Å²) in [5.41, 5.74) is 0. The van der Waals surface area contributed by atoms with Crippen LogP contribution in [0.15, 0.2) is 34.7 Å². The van der Waals surface area contributed by atoms with Crippen LogP contribution in [0.25, 0.3) is 0 Å². The molecule has 1 aromatic carbocycles. The van der Waals surface area contributed by atoms with Crippen LogP contribution in [0.5, 0.6) is 5.75 Å². The number of amides is 1. The van der Waals surface area contributed by atoms with E-state index in [1.54, 1.807) is 30.3 Å². The lowest BCUT2D eigenvalue weighted by molar-refractivity contribution is 0.0922. The molecule has 0 atom stereocenters. The lowest BCUT2D eigenvalue weighted by atomic mass is 10.3. The van der Waals surface area contributed by atoms with Crippen LogP contribution in [-0.4, -0.2) is 12.5 Å². The smallest absolute Gasteiger partial charge is 0.286 e. The Labute approximate surface area is 133 Å². The van der Waals surface area contributed by atoms with E-state index in [1.807, 2.05) is 6.92 Å². The molecule has 2 rings (SSSR count). The molecule has 0 saturated carbocycles. The maximum Gasteiger partial charge on any atom is 0.286 e. The molecule has 1 heterocycles. The summed E-state index contributed by atoms with van der Waals surface area (Å²) in [4.78, 5) is 11.7. The van der Waals surface area contributed by atoms with Crippen LogP contribution in [0.2, 0.25) is 10.0 Å². The van der Waals surface area contributed by atoms with E-state index >= 15 is 0 Å². The van der Waals surface area contributed by atoms with Gasteiger partial charge >= 0.3 is 0 Å². The number of hydrogen-bond acceptors (Lipinski definition) is 3. The van der Waals surface area contributed by atoms with E-state index in [2.05, 4.69) is 5.32 Å². The van der Waals surface area contributed by atoms with Crippen molar-refractivity contribution >= 4 is 29.1 Å². The van der Waals surface area contributed by atoms with E-state index in [-0.39, 0.29) is 18.3 Å². The van der Waals surface area contributed by atoms with Crippen LogP contribution in [0.1, 0.15) is 29.7 Å². The summed E-state index contributed by atoms with van der Waals surface area (Å²) in [7, 11) is 0. The molecule has 0 spiro atoms. The monoisotopic (exact) mass is 327 g/mol. The largest absolute Gasteiger partial charge is 0.484 e. The molecule has 0 unspecified atom stereocenters. The van der Waals surface area contributed by atoms with Gasteiger partial charge in [-0.15, -0.1) is 0 Å². The topological polar surface area (TPSA) is 51.5 Å². The Morgan fingerprint density at radius 2 is 2.10 bits per heavy atom. The van der Waals surface area contributed by atoms with E-state index in [1.165, 1.54) is 0 Å². The van der Waals surface area contributed by atoms with Crippen LogP contribution in [0.3, 0.4) is 0 Å².